The number of hydrogen-bond donors (Lipinski definition) is 2. The number of rotatable bonds is 5. The minimum Gasteiger partial charge on any atom is -0.316 e. The first-order valence-corrected chi connectivity index (χ1v) is 6.87. The first-order chi connectivity index (χ1) is 8.38. The van der Waals surface area contributed by atoms with Gasteiger partial charge in [-0.05, 0) is 55.9 Å². The molecule has 0 radical (unpaired) electrons. The highest BCUT2D eigenvalue weighted by atomic mass is 14.9. The van der Waals surface area contributed by atoms with Crippen molar-refractivity contribution in [1.29, 1.82) is 0 Å². The lowest BCUT2D eigenvalue weighted by molar-refractivity contribution is 0.360. The van der Waals surface area contributed by atoms with Crippen LogP contribution in [0.2, 0.25) is 0 Å². The molecule has 2 rings (SSSR count). The monoisotopic (exact) mass is 232 g/mol. The fraction of sp³-hybridized carbons (Fsp3) is 0.600. The van der Waals surface area contributed by atoms with Crippen molar-refractivity contribution in [3.8, 4) is 0 Å². The summed E-state index contributed by atoms with van der Waals surface area (Å²) in [6, 6.07) is 8.89. The Bertz CT molecular complexity index is 329. The number of aryl methyl sites for hydroxylation is 1. The maximum atomic E-state index is 3.58. The number of piperidine rings is 1. The van der Waals surface area contributed by atoms with Gasteiger partial charge >= 0.3 is 0 Å². The van der Waals surface area contributed by atoms with Crippen LogP contribution < -0.4 is 10.6 Å². The van der Waals surface area contributed by atoms with Crippen LogP contribution in [0.1, 0.15) is 30.9 Å². The summed E-state index contributed by atoms with van der Waals surface area (Å²) >= 11 is 0. The quantitative estimate of drug-likeness (QED) is 0.814. The molecule has 17 heavy (non-hydrogen) atoms. The van der Waals surface area contributed by atoms with Gasteiger partial charge in [-0.25, -0.2) is 0 Å². The fourth-order valence-corrected chi connectivity index (χ4v) is 2.48. The summed E-state index contributed by atoms with van der Waals surface area (Å²) in [5.74, 6) is 0.818. The Hall–Kier alpha value is -0.860. The minimum atomic E-state index is 0.818. The van der Waals surface area contributed by atoms with E-state index in [0.29, 0.717) is 0 Å². The van der Waals surface area contributed by atoms with Crippen molar-refractivity contribution < 1.29 is 0 Å². The molecule has 1 aromatic carbocycles. The molecule has 0 aromatic heterocycles. The van der Waals surface area contributed by atoms with Gasteiger partial charge in [0.25, 0.3) is 0 Å². The molecule has 1 aliphatic heterocycles. The van der Waals surface area contributed by atoms with Crippen molar-refractivity contribution in [2.45, 2.75) is 32.7 Å². The SMILES string of the molecule is CCc1cccc(CNCC2CCCNC2)c1. The Morgan fingerprint density at radius 3 is 3.00 bits per heavy atom. The van der Waals surface area contributed by atoms with Gasteiger partial charge < -0.3 is 10.6 Å². The van der Waals surface area contributed by atoms with E-state index in [1.807, 2.05) is 0 Å². The van der Waals surface area contributed by atoms with Gasteiger partial charge in [-0.3, -0.25) is 0 Å². The third-order valence-corrected chi connectivity index (χ3v) is 3.56. The molecule has 0 spiro atoms. The lowest BCUT2D eigenvalue weighted by Crippen LogP contribution is -2.35. The van der Waals surface area contributed by atoms with Gasteiger partial charge in [-0.1, -0.05) is 31.2 Å². The topological polar surface area (TPSA) is 24.1 Å². The molecule has 1 heterocycles. The average Bonchev–Trinajstić information content (AvgIpc) is 2.40. The molecule has 0 saturated carbocycles. The third kappa shape index (κ3) is 4.14. The van der Waals surface area contributed by atoms with E-state index in [1.54, 1.807) is 0 Å². The second-order valence-corrected chi connectivity index (χ2v) is 5.02. The fourth-order valence-electron chi connectivity index (χ4n) is 2.48. The predicted octanol–water partition coefficient (Wildman–Crippen LogP) is 2.34. The standard InChI is InChI=1S/C15H24N2/c1-2-13-5-3-6-14(9-13)10-17-12-15-7-4-8-16-11-15/h3,5-6,9,15-17H,2,4,7-8,10-12H2,1H3. The zero-order chi connectivity index (χ0) is 11.9. The van der Waals surface area contributed by atoms with Crippen molar-refractivity contribution in [1.82, 2.24) is 10.6 Å². The van der Waals surface area contributed by atoms with E-state index < -0.39 is 0 Å². The van der Waals surface area contributed by atoms with Crippen LogP contribution in [0.3, 0.4) is 0 Å². The molecule has 0 aliphatic carbocycles. The first-order valence-electron chi connectivity index (χ1n) is 6.87. The van der Waals surface area contributed by atoms with Gasteiger partial charge in [0, 0.05) is 6.54 Å². The summed E-state index contributed by atoms with van der Waals surface area (Å²) in [5.41, 5.74) is 2.84. The van der Waals surface area contributed by atoms with Crippen LogP contribution in [0.15, 0.2) is 24.3 Å². The van der Waals surface area contributed by atoms with E-state index in [9.17, 15) is 0 Å². The molecule has 94 valence electrons. The molecular formula is C15H24N2. The molecule has 1 unspecified atom stereocenters. The summed E-state index contributed by atoms with van der Waals surface area (Å²) in [6.45, 7) is 6.74. The van der Waals surface area contributed by atoms with E-state index in [1.165, 1.54) is 37.1 Å². The summed E-state index contributed by atoms with van der Waals surface area (Å²) in [6.07, 6.45) is 3.83. The van der Waals surface area contributed by atoms with Crippen LogP contribution in [0, 0.1) is 5.92 Å². The lowest BCUT2D eigenvalue weighted by atomic mass is 9.99. The Morgan fingerprint density at radius 1 is 1.35 bits per heavy atom. The Morgan fingerprint density at radius 2 is 2.24 bits per heavy atom. The van der Waals surface area contributed by atoms with Gasteiger partial charge in [-0.15, -0.1) is 0 Å². The largest absolute Gasteiger partial charge is 0.316 e. The van der Waals surface area contributed by atoms with Crippen LogP contribution >= 0.6 is 0 Å². The van der Waals surface area contributed by atoms with E-state index in [4.69, 9.17) is 0 Å². The zero-order valence-corrected chi connectivity index (χ0v) is 10.8. The highest BCUT2D eigenvalue weighted by molar-refractivity contribution is 5.23. The first kappa shape index (κ1) is 12.6. The van der Waals surface area contributed by atoms with Crippen molar-refractivity contribution in [3.05, 3.63) is 35.4 Å². The molecule has 2 heteroatoms. The van der Waals surface area contributed by atoms with Crippen molar-refractivity contribution in [3.63, 3.8) is 0 Å². The summed E-state index contributed by atoms with van der Waals surface area (Å²) in [4.78, 5) is 0. The van der Waals surface area contributed by atoms with Crippen molar-refractivity contribution in [2.24, 2.45) is 5.92 Å². The highest BCUT2D eigenvalue weighted by Crippen LogP contribution is 2.09. The molecule has 1 aromatic rings. The molecule has 1 fully saturated rings. The van der Waals surface area contributed by atoms with E-state index in [2.05, 4.69) is 41.8 Å². The van der Waals surface area contributed by atoms with Crippen LogP contribution in [0.25, 0.3) is 0 Å². The molecule has 0 bridgehead atoms. The number of benzene rings is 1. The Kier molecular flexibility index (Phi) is 5.02. The van der Waals surface area contributed by atoms with Crippen molar-refractivity contribution in [2.75, 3.05) is 19.6 Å². The lowest BCUT2D eigenvalue weighted by Gasteiger charge is -2.23. The molecule has 0 amide bonds. The molecular weight excluding hydrogens is 208 g/mol. The summed E-state index contributed by atoms with van der Waals surface area (Å²) < 4.78 is 0. The summed E-state index contributed by atoms with van der Waals surface area (Å²) in [7, 11) is 0. The maximum absolute atomic E-state index is 3.58. The Labute approximate surface area is 105 Å². The van der Waals surface area contributed by atoms with E-state index >= 15 is 0 Å². The molecule has 1 saturated heterocycles. The molecule has 2 N–H and O–H groups in total. The summed E-state index contributed by atoms with van der Waals surface area (Å²) in [5, 5.41) is 7.04. The molecule has 1 atom stereocenters. The molecule has 2 nitrogen and oxygen atoms in total. The second-order valence-electron chi connectivity index (χ2n) is 5.02. The van der Waals surface area contributed by atoms with Gasteiger partial charge in [0.15, 0.2) is 0 Å². The smallest absolute Gasteiger partial charge is 0.0205 e. The highest BCUT2D eigenvalue weighted by Gasteiger charge is 2.11. The van der Waals surface area contributed by atoms with Crippen LogP contribution in [0.5, 0.6) is 0 Å². The maximum Gasteiger partial charge on any atom is 0.0205 e. The van der Waals surface area contributed by atoms with Crippen LogP contribution in [-0.4, -0.2) is 19.6 Å². The third-order valence-electron chi connectivity index (χ3n) is 3.56. The number of nitrogens with one attached hydrogen (secondary N) is 2. The zero-order valence-electron chi connectivity index (χ0n) is 10.8. The van der Waals surface area contributed by atoms with E-state index in [0.717, 1.165) is 25.4 Å². The van der Waals surface area contributed by atoms with Crippen molar-refractivity contribution >= 4 is 0 Å². The van der Waals surface area contributed by atoms with E-state index in [-0.39, 0.29) is 0 Å². The predicted molar refractivity (Wildman–Crippen MR) is 73.1 cm³/mol. The van der Waals surface area contributed by atoms with Gasteiger partial charge in [-0.2, -0.15) is 0 Å². The van der Waals surface area contributed by atoms with Gasteiger partial charge in [0.05, 0.1) is 0 Å². The van der Waals surface area contributed by atoms with Gasteiger partial charge in [0.2, 0.25) is 0 Å². The number of hydrogen-bond acceptors (Lipinski definition) is 2. The Balaban J connectivity index is 1.73. The second kappa shape index (κ2) is 6.77. The molecule has 1 aliphatic rings. The van der Waals surface area contributed by atoms with Gasteiger partial charge in [0.1, 0.15) is 0 Å². The minimum absolute atomic E-state index is 0.818. The van der Waals surface area contributed by atoms with Crippen LogP contribution in [0.4, 0.5) is 0 Å². The average molecular weight is 232 g/mol. The van der Waals surface area contributed by atoms with Crippen LogP contribution in [-0.2, 0) is 13.0 Å². The normalized spacial score (nSPS) is 20.4.